The second kappa shape index (κ2) is 10.4. The first-order chi connectivity index (χ1) is 18.0. The fraction of sp³-hybridized carbons (Fsp3) is 0.781. The van der Waals surface area contributed by atoms with Crippen molar-refractivity contribution in [2.24, 2.45) is 52.3 Å². The molecule has 0 amide bonds. The van der Waals surface area contributed by atoms with Crippen LogP contribution in [-0.4, -0.2) is 40.1 Å². The van der Waals surface area contributed by atoms with Gasteiger partial charge in [0.25, 0.3) is 0 Å². The van der Waals surface area contributed by atoms with Crippen molar-refractivity contribution in [1.82, 2.24) is 0 Å². The van der Waals surface area contributed by atoms with Crippen LogP contribution in [0.25, 0.3) is 0 Å². The van der Waals surface area contributed by atoms with Gasteiger partial charge in [-0.25, -0.2) is 9.18 Å². The molecule has 0 saturated heterocycles. The summed E-state index contributed by atoms with van der Waals surface area (Å²) in [5, 5.41) is 31.8. The third-order valence-corrected chi connectivity index (χ3v) is 12.2. The molecule has 38 heavy (non-hydrogen) atoms. The molecule has 4 aliphatic rings. The van der Waals surface area contributed by atoms with Gasteiger partial charge in [-0.3, -0.25) is 0 Å². The summed E-state index contributed by atoms with van der Waals surface area (Å²) in [4.78, 5) is 11.5. The van der Waals surface area contributed by atoms with Gasteiger partial charge in [-0.2, -0.15) is 0 Å². The van der Waals surface area contributed by atoms with E-state index in [9.17, 15) is 24.5 Å². The van der Waals surface area contributed by atoms with E-state index >= 15 is 0 Å². The molecule has 0 bridgehead atoms. The first-order valence-corrected chi connectivity index (χ1v) is 15.0. The smallest absolute Gasteiger partial charge is 0.339 e. The second-order valence-corrected chi connectivity index (χ2v) is 13.7. The van der Waals surface area contributed by atoms with Crippen LogP contribution in [0.3, 0.4) is 0 Å². The largest absolute Gasteiger partial charge is 0.493 e. The van der Waals surface area contributed by atoms with Crippen LogP contribution in [0.1, 0.15) is 95.8 Å². The molecule has 1 aromatic rings. The number of halogens is 1. The number of benzene rings is 1. The Kier molecular flexibility index (Phi) is 7.62. The van der Waals surface area contributed by atoms with E-state index < -0.39 is 11.8 Å². The van der Waals surface area contributed by atoms with Crippen molar-refractivity contribution in [2.45, 2.75) is 97.7 Å². The monoisotopic (exact) mass is 530 g/mol. The summed E-state index contributed by atoms with van der Waals surface area (Å²) in [5.41, 5.74) is 0.251. The summed E-state index contributed by atoms with van der Waals surface area (Å²) < 4.78 is 19.4. The van der Waals surface area contributed by atoms with Crippen LogP contribution in [-0.2, 0) is 0 Å². The minimum Gasteiger partial charge on any atom is -0.493 e. The molecule has 11 atom stereocenters. The molecule has 4 fully saturated rings. The summed E-state index contributed by atoms with van der Waals surface area (Å²) in [6.07, 6.45) is 8.74. The highest BCUT2D eigenvalue weighted by Gasteiger charge is 2.64. The Morgan fingerprint density at radius 1 is 1.08 bits per heavy atom. The molecule has 6 heteroatoms. The van der Waals surface area contributed by atoms with Gasteiger partial charge in [0.1, 0.15) is 17.1 Å². The lowest BCUT2D eigenvalue weighted by molar-refractivity contribution is -0.203. The number of carbonyl (C=O) groups is 1. The number of aliphatic hydroxyl groups excluding tert-OH is 2. The highest BCUT2D eigenvalue weighted by molar-refractivity contribution is 5.90. The zero-order valence-electron chi connectivity index (χ0n) is 23.5. The summed E-state index contributed by atoms with van der Waals surface area (Å²) in [5.74, 6) is 1.45. The Morgan fingerprint density at radius 3 is 2.50 bits per heavy atom. The number of aliphatic hydroxyl groups is 2. The van der Waals surface area contributed by atoms with Crippen LogP contribution in [0.5, 0.6) is 5.75 Å². The van der Waals surface area contributed by atoms with Crippen molar-refractivity contribution < 1.29 is 29.2 Å². The van der Waals surface area contributed by atoms with E-state index in [1.807, 2.05) is 0 Å². The van der Waals surface area contributed by atoms with Gasteiger partial charge >= 0.3 is 5.97 Å². The topological polar surface area (TPSA) is 87.0 Å². The second-order valence-electron chi connectivity index (χ2n) is 13.7. The molecule has 1 aromatic carbocycles. The lowest BCUT2D eigenvalue weighted by atomic mass is 9.41. The number of fused-ring (bicyclic) bond motifs is 5. The number of aromatic carboxylic acids is 1. The molecule has 3 N–H and O–H groups in total. The van der Waals surface area contributed by atoms with Crippen molar-refractivity contribution in [3.05, 3.63) is 29.6 Å². The zero-order chi connectivity index (χ0) is 27.4. The van der Waals surface area contributed by atoms with Crippen molar-refractivity contribution in [2.75, 3.05) is 6.61 Å². The quantitative estimate of drug-likeness (QED) is 0.372. The standard InChI is InChI=1S/C32H47FO5/c1-5-21-26-17-20(34)10-13-32(26,4)25-11-14-31(3)23(7-8-24(31)28(25)29(21)35)18(2)12-15-38-27-9-6-19(33)16-22(27)30(36)37/h6,9,16,18,20-21,23-26,28-29,34-35H,5,7-8,10-15,17H2,1-4H3,(H,36,37)/t18-,20-,21-,23?,24?,25?,26+,28?,29-,31-,32-/m1/s1. The molecule has 5 nitrogen and oxygen atoms in total. The van der Waals surface area contributed by atoms with Gasteiger partial charge in [0.2, 0.25) is 0 Å². The van der Waals surface area contributed by atoms with E-state index in [1.165, 1.54) is 18.6 Å². The van der Waals surface area contributed by atoms with Crippen LogP contribution in [0.2, 0.25) is 0 Å². The van der Waals surface area contributed by atoms with Gasteiger partial charge in [0, 0.05) is 0 Å². The van der Waals surface area contributed by atoms with E-state index in [0.29, 0.717) is 42.1 Å². The lowest BCUT2D eigenvalue weighted by Gasteiger charge is -2.64. The number of ether oxygens (including phenoxy) is 1. The minimum absolute atomic E-state index is 0.136. The molecular formula is C32H47FO5. The van der Waals surface area contributed by atoms with Crippen molar-refractivity contribution in [3.63, 3.8) is 0 Å². The average Bonchev–Trinajstić information content (AvgIpc) is 3.23. The van der Waals surface area contributed by atoms with Gasteiger partial charge < -0.3 is 20.1 Å². The van der Waals surface area contributed by atoms with E-state index in [2.05, 4.69) is 27.7 Å². The summed E-state index contributed by atoms with van der Waals surface area (Å²) >= 11 is 0. The summed E-state index contributed by atoms with van der Waals surface area (Å²) in [6, 6.07) is 3.66. The van der Waals surface area contributed by atoms with E-state index in [-0.39, 0.29) is 40.3 Å². The maximum atomic E-state index is 13.5. The molecule has 0 aromatic heterocycles. The zero-order valence-corrected chi connectivity index (χ0v) is 23.5. The number of carboxylic acids is 1. The summed E-state index contributed by atoms with van der Waals surface area (Å²) in [7, 11) is 0. The van der Waals surface area contributed by atoms with Crippen LogP contribution in [0, 0.1) is 58.1 Å². The molecule has 0 spiro atoms. The normalized spacial score (nSPS) is 43.0. The molecule has 0 aliphatic heterocycles. The molecular weight excluding hydrogens is 483 g/mol. The van der Waals surface area contributed by atoms with Crippen molar-refractivity contribution in [1.29, 1.82) is 0 Å². The molecule has 4 saturated carbocycles. The van der Waals surface area contributed by atoms with Crippen LogP contribution in [0.4, 0.5) is 4.39 Å². The third-order valence-electron chi connectivity index (χ3n) is 12.2. The Labute approximate surface area is 227 Å². The first-order valence-electron chi connectivity index (χ1n) is 15.0. The van der Waals surface area contributed by atoms with Gasteiger partial charge in [-0.1, -0.05) is 34.1 Å². The average molecular weight is 531 g/mol. The summed E-state index contributed by atoms with van der Waals surface area (Å²) in [6.45, 7) is 9.86. The van der Waals surface area contributed by atoms with E-state index in [4.69, 9.17) is 4.74 Å². The highest BCUT2D eigenvalue weighted by Crippen LogP contribution is 2.69. The molecule has 212 valence electrons. The number of hydrogen-bond acceptors (Lipinski definition) is 4. The molecule has 5 rings (SSSR count). The number of rotatable bonds is 7. The maximum absolute atomic E-state index is 13.5. The fourth-order valence-electron chi connectivity index (χ4n) is 10.3. The van der Waals surface area contributed by atoms with E-state index in [1.54, 1.807) is 0 Å². The SMILES string of the molecule is CC[C@H]1[C@@H](O)C2C3CCC([C@H](C)CCOc4ccc(F)cc4C(=O)O)[C@@]3(C)CCC2[C@@]2(C)CC[C@@H](O)C[C@@H]12. The number of carboxylic acid groups (broad SMARTS) is 1. The Bertz CT molecular complexity index is 1030. The Balaban J connectivity index is 1.30. The predicted octanol–water partition coefficient (Wildman–Crippen LogP) is 6.56. The third kappa shape index (κ3) is 4.48. The minimum atomic E-state index is -1.18. The molecule has 0 radical (unpaired) electrons. The van der Waals surface area contributed by atoms with Crippen LogP contribution < -0.4 is 4.74 Å². The number of hydrogen-bond donors (Lipinski definition) is 3. The first kappa shape index (κ1) is 27.9. The molecule has 0 heterocycles. The van der Waals surface area contributed by atoms with Gasteiger partial charge in [0.05, 0.1) is 18.8 Å². The predicted molar refractivity (Wildman–Crippen MR) is 144 cm³/mol. The van der Waals surface area contributed by atoms with Crippen LogP contribution in [0.15, 0.2) is 18.2 Å². The van der Waals surface area contributed by atoms with E-state index in [0.717, 1.165) is 57.4 Å². The van der Waals surface area contributed by atoms with Gasteiger partial charge in [-0.15, -0.1) is 0 Å². The van der Waals surface area contributed by atoms with Crippen molar-refractivity contribution >= 4 is 5.97 Å². The lowest BCUT2D eigenvalue weighted by Crippen LogP contribution is -2.62. The molecule has 4 unspecified atom stereocenters. The Morgan fingerprint density at radius 2 is 1.79 bits per heavy atom. The molecule has 4 aliphatic carbocycles. The van der Waals surface area contributed by atoms with Gasteiger partial charge in [-0.05, 0) is 122 Å². The van der Waals surface area contributed by atoms with Gasteiger partial charge in [0.15, 0.2) is 0 Å². The maximum Gasteiger partial charge on any atom is 0.339 e. The van der Waals surface area contributed by atoms with Crippen molar-refractivity contribution in [3.8, 4) is 5.75 Å². The van der Waals surface area contributed by atoms with Crippen LogP contribution >= 0.6 is 0 Å². The Hall–Kier alpha value is -1.66. The fourth-order valence-corrected chi connectivity index (χ4v) is 10.3. The highest BCUT2D eigenvalue weighted by atomic mass is 19.1.